The SMILES string of the molecule is CCOc1ccc(-c2ccc(-c3ccc(OC)cc3)c(C#N)c2C#N)cc1. The largest absolute Gasteiger partial charge is 0.497 e. The van der Waals surface area contributed by atoms with Crippen molar-refractivity contribution in [3.63, 3.8) is 0 Å². The summed E-state index contributed by atoms with van der Waals surface area (Å²) < 4.78 is 10.6. The van der Waals surface area contributed by atoms with E-state index >= 15 is 0 Å². The molecule has 0 aliphatic rings. The number of hydrogen-bond acceptors (Lipinski definition) is 4. The van der Waals surface area contributed by atoms with E-state index in [1.54, 1.807) is 7.11 Å². The average Bonchev–Trinajstić information content (AvgIpc) is 2.73. The van der Waals surface area contributed by atoms with Gasteiger partial charge in [0.15, 0.2) is 0 Å². The zero-order chi connectivity index (χ0) is 19.2. The fourth-order valence-corrected chi connectivity index (χ4v) is 2.98. The predicted octanol–water partition coefficient (Wildman–Crippen LogP) is 5.17. The Hall–Kier alpha value is -3.76. The van der Waals surface area contributed by atoms with Gasteiger partial charge < -0.3 is 9.47 Å². The standard InChI is InChI=1S/C23H18N2O2/c1-3-27-19-10-6-17(7-11-19)21-13-12-20(22(14-24)23(21)15-25)16-4-8-18(26-2)9-5-16/h4-13H,3H2,1-2H3. The first-order valence-electron chi connectivity index (χ1n) is 8.56. The number of nitriles is 2. The van der Waals surface area contributed by atoms with Gasteiger partial charge in [0, 0.05) is 11.1 Å². The van der Waals surface area contributed by atoms with Crippen molar-refractivity contribution in [2.45, 2.75) is 6.92 Å². The fraction of sp³-hybridized carbons (Fsp3) is 0.130. The topological polar surface area (TPSA) is 66.0 Å². The molecule has 0 fully saturated rings. The Balaban J connectivity index is 2.10. The quantitative estimate of drug-likeness (QED) is 0.634. The molecule has 3 rings (SSSR count). The molecule has 0 saturated carbocycles. The lowest BCUT2D eigenvalue weighted by Crippen LogP contribution is -1.95. The second-order valence-corrected chi connectivity index (χ2v) is 5.82. The van der Waals surface area contributed by atoms with E-state index in [-0.39, 0.29) is 0 Å². The number of nitrogens with zero attached hydrogens (tertiary/aromatic N) is 2. The lowest BCUT2D eigenvalue weighted by Gasteiger charge is -2.12. The minimum atomic E-state index is 0.369. The Kier molecular flexibility index (Phi) is 5.40. The van der Waals surface area contributed by atoms with Gasteiger partial charge >= 0.3 is 0 Å². The monoisotopic (exact) mass is 354 g/mol. The van der Waals surface area contributed by atoms with Gasteiger partial charge in [-0.3, -0.25) is 0 Å². The van der Waals surface area contributed by atoms with Crippen LogP contribution < -0.4 is 9.47 Å². The van der Waals surface area contributed by atoms with Crippen molar-refractivity contribution in [1.29, 1.82) is 10.5 Å². The summed E-state index contributed by atoms with van der Waals surface area (Å²) in [5.41, 5.74) is 3.93. The maximum atomic E-state index is 9.74. The highest BCUT2D eigenvalue weighted by molar-refractivity contribution is 5.82. The van der Waals surface area contributed by atoms with E-state index in [9.17, 15) is 10.5 Å². The lowest BCUT2D eigenvalue weighted by molar-refractivity contribution is 0.340. The van der Waals surface area contributed by atoms with Gasteiger partial charge in [0.1, 0.15) is 23.6 Å². The van der Waals surface area contributed by atoms with E-state index in [1.807, 2.05) is 67.6 Å². The summed E-state index contributed by atoms with van der Waals surface area (Å²) in [6.07, 6.45) is 0. The predicted molar refractivity (Wildman–Crippen MR) is 104 cm³/mol. The molecule has 3 aromatic carbocycles. The highest BCUT2D eigenvalue weighted by Gasteiger charge is 2.16. The molecule has 0 aliphatic heterocycles. The van der Waals surface area contributed by atoms with Gasteiger partial charge in [-0.1, -0.05) is 36.4 Å². The minimum absolute atomic E-state index is 0.369. The Morgan fingerprint density at radius 2 is 1.15 bits per heavy atom. The Labute approximate surface area is 158 Å². The van der Waals surface area contributed by atoms with Crippen LogP contribution in [-0.4, -0.2) is 13.7 Å². The Bertz CT molecular complexity index is 1020. The summed E-state index contributed by atoms with van der Waals surface area (Å²) in [5, 5.41) is 19.5. The third-order valence-corrected chi connectivity index (χ3v) is 4.31. The molecule has 27 heavy (non-hydrogen) atoms. The number of benzene rings is 3. The molecular weight excluding hydrogens is 336 g/mol. The molecule has 0 saturated heterocycles. The maximum Gasteiger partial charge on any atom is 0.119 e. The molecular formula is C23H18N2O2. The summed E-state index contributed by atoms with van der Waals surface area (Å²) in [7, 11) is 1.61. The number of hydrogen-bond donors (Lipinski definition) is 0. The van der Waals surface area contributed by atoms with Crippen molar-refractivity contribution < 1.29 is 9.47 Å². The zero-order valence-corrected chi connectivity index (χ0v) is 15.2. The van der Waals surface area contributed by atoms with Crippen molar-refractivity contribution in [2.75, 3.05) is 13.7 Å². The van der Waals surface area contributed by atoms with Gasteiger partial charge in [-0.2, -0.15) is 10.5 Å². The summed E-state index contributed by atoms with van der Waals surface area (Å²) in [5.74, 6) is 1.51. The third kappa shape index (κ3) is 3.61. The molecule has 0 amide bonds. The number of ether oxygens (including phenoxy) is 2. The maximum absolute atomic E-state index is 9.74. The molecule has 0 N–H and O–H groups in total. The summed E-state index contributed by atoms with van der Waals surface area (Å²) in [4.78, 5) is 0. The van der Waals surface area contributed by atoms with Gasteiger partial charge in [-0.25, -0.2) is 0 Å². The van der Waals surface area contributed by atoms with Gasteiger partial charge in [0.2, 0.25) is 0 Å². The number of rotatable bonds is 5. The van der Waals surface area contributed by atoms with Crippen molar-refractivity contribution in [3.8, 4) is 45.9 Å². The molecule has 0 aromatic heterocycles. The molecule has 0 radical (unpaired) electrons. The molecule has 0 heterocycles. The van der Waals surface area contributed by atoms with Crippen LogP contribution >= 0.6 is 0 Å². The first-order chi connectivity index (χ1) is 13.2. The second-order valence-electron chi connectivity index (χ2n) is 5.82. The van der Waals surface area contributed by atoms with Crippen LogP contribution in [0.4, 0.5) is 0 Å². The Morgan fingerprint density at radius 1 is 0.704 bits per heavy atom. The van der Waals surface area contributed by atoms with Crippen molar-refractivity contribution >= 4 is 0 Å². The van der Waals surface area contributed by atoms with Crippen LogP contribution in [0.2, 0.25) is 0 Å². The minimum Gasteiger partial charge on any atom is -0.497 e. The average molecular weight is 354 g/mol. The first kappa shape index (κ1) is 18.0. The molecule has 4 nitrogen and oxygen atoms in total. The highest BCUT2D eigenvalue weighted by atomic mass is 16.5. The lowest BCUT2D eigenvalue weighted by atomic mass is 9.90. The highest BCUT2D eigenvalue weighted by Crippen LogP contribution is 2.34. The molecule has 0 unspecified atom stereocenters. The van der Waals surface area contributed by atoms with Crippen LogP contribution in [0.3, 0.4) is 0 Å². The van der Waals surface area contributed by atoms with Crippen molar-refractivity contribution in [2.24, 2.45) is 0 Å². The molecule has 132 valence electrons. The van der Waals surface area contributed by atoms with Gasteiger partial charge in [0.05, 0.1) is 24.8 Å². The zero-order valence-electron chi connectivity index (χ0n) is 15.2. The number of methoxy groups -OCH3 is 1. The first-order valence-corrected chi connectivity index (χ1v) is 8.56. The van der Waals surface area contributed by atoms with Crippen LogP contribution in [0.25, 0.3) is 22.3 Å². The van der Waals surface area contributed by atoms with E-state index in [0.29, 0.717) is 17.7 Å². The smallest absolute Gasteiger partial charge is 0.119 e. The van der Waals surface area contributed by atoms with Gasteiger partial charge in [-0.05, 0) is 42.3 Å². The molecule has 0 atom stereocenters. The Morgan fingerprint density at radius 3 is 1.52 bits per heavy atom. The van der Waals surface area contributed by atoms with E-state index in [4.69, 9.17) is 9.47 Å². The van der Waals surface area contributed by atoms with Gasteiger partial charge in [-0.15, -0.1) is 0 Å². The molecule has 4 heteroatoms. The van der Waals surface area contributed by atoms with Crippen LogP contribution in [0.1, 0.15) is 18.1 Å². The van der Waals surface area contributed by atoms with Crippen LogP contribution in [-0.2, 0) is 0 Å². The summed E-state index contributed by atoms with van der Waals surface area (Å²) >= 11 is 0. The molecule has 0 spiro atoms. The fourth-order valence-electron chi connectivity index (χ4n) is 2.98. The van der Waals surface area contributed by atoms with Crippen molar-refractivity contribution in [3.05, 3.63) is 71.8 Å². The van der Waals surface area contributed by atoms with Gasteiger partial charge in [0.25, 0.3) is 0 Å². The van der Waals surface area contributed by atoms with Crippen molar-refractivity contribution in [1.82, 2.24) is 0 Å². The van der Waals surface area contributed by atoms with E-state index < -0.39 is 0 Å². The summed E-state index contributed by atoms with van der Waals surface area (Å²) in [6.45, 7) is 2.52. The van der Waals surface area contributed by atoms with E-state index in [1.165, 1.54) is 0 Å². The third-order valence-electron chi connectivity index (χ3n) is 4.31. The summed E-state index contributed by atoms with van der Waals surface area (Å²) in [6, 6.07) is 23.1. The molecule has 0 bridgehead atoms. The molecule has 0 aliphatic carbocycles. The van der Waals surface area contributed by atoms with Crippen LogP contribution in [0.15, 0.2) is 60.7 Å². The normalized spacial score (nSPS) is 9.93. The second kappa shape index (κ2) is 8.08. The molecule has 3 aromatic rings. The van der Waals surface area contributed by atoms with Crippen LogP contribution in [0, 0.1) is 22.7 Å². The van der Waals surface area contributed by atoms with E-state index in [2.05, 4.69) is 12.1 Å². The van der Waals surface area contributed by atoms with Crippen LogP contribution in [0.5, 0.6) is 11.5 Å². The van der Waals surface area contributed by atoms with E-state index in [0.717, 1.165) is 33.8 Å².